The minimum Gasteiger partial charge on any atom is -0.494 e. The lowest BCUT2D eigenvalue weighted by Crippen LogP contribution is -2.45. The Hall–Kier alpha value is -2.08. The molecule has 1 aromatic rings. The number of carbonyl (C=O) groups excluding carboxylic acids is 2. The van der Waals surface area contributed by atoms with Crippen molar-refractivity contribution in [1.82, 2.24) is 14.7 Å². The van der Waals surface area contributed by atoms with Crippen LogP contribution in [0, 0.1) is 5.41 Å². The maximum atomic E-state index is 12.9. The summed E-state index contributed by atoms with van der Waals surface area (Å²) in [5.74, 6) is 1.37. The van der Waals surface area contributed by atoms with E-state index < -0.39 is 0 Å². The molecule has 0 saturated carbocycles. The normalized spacial score (nSPS) is 17.8. The van der Waals surface area contributed by atoms with E-state index in [1.165, 1.54) is 0 Å². The monoisotopic (exact) mass is 443 g/mol. The molecule has 1 spiro atoms. The van der Waals surface area contributed by atoms with Gasteiger partial charge in [0.1, 0.15) is 5.75 Å². The van der Waals surface area contributed by atoms with Crippen LogP contribution in [0.5, 0.6) is 5.75 Å². The van der Waals surface area contributed by atoms with Gasteiger partial charge in [0.15, 0.2) is 0 Å². The van der Waals surface area contributed by atoms with E-state index in [0.29, 0.717) is 19.6 Å². The Bertz CT molecular complexity index is 710. The van der Waals surface area contributed by atoms with Crippen molar-refractivity contribution in [3.63, 3.8) is 0 Å². The maximum absolute atomic E-state index is 12.9. The molecule has 6 nitrogen and oxygen atoms in total. The van der Waals surface area contributed by atoms with Gasteiger partial charge < -0.3 is 14.5 Å². The number of hydrogen-bond donors (Lipinski definition) is 0. The van der Waals surface area contributed by atoms with Crippen LogP contribution in [0.3, 0.4) is 0 Å². The second-order valence-corrected chi connectivity index (χ2v) is 9.49. The largest absolute Gasteiger partial charge is 0.494 e. The molecule has 2 heterocycles. The van der Waals surface area contributed by atoms with Crippen molar-refractivity contribution < 1.29 is 14.3 Å². The van der Waals surface area contributed by atoms with Gasteiger partial charge in [-0.15, -0.1) is 0 Å². The Kier molecular flexibility index (Phi) is 9.39. The number of rotatable bonds is 11. The van der Waals surface area contributed by atoms with Crippen molar-refractivity contribution in [2.75, 3.05) is 52.4 Å². The number of hydrogen-bond acceptors (Lipinski definition) is 4. The molecule has 0 unspecified atom stereocenters. The van der Waals surface area contributed by atoms with Crippen LogP contribution in [0.25, 0.3) is 0 Å². The summed E-state index contributed by atoms with van der Waals surface area (Å²) in [5.41, 5.74) is 0.212. The molecule has 0 radical (unpaired) electrons. The molecule has 2 amide bonds. The summed E-state index contributed by atoms with van der Waals surface area (Å²) in [6.07, 6.45) is 6.54. The minimum atomic E-state index is 0.212. The van der Waals surface area contributed by atoms with Crippen LogP contribution in [0.2, 0.25) is 0 Å². The van der Waals surface area contributed by atoms with Crippen LogP contribution in [-0.2, 0) is 9.59 Å². The predicted octanol–water partition coefficient (Wildman–Crippen LogP) is 3.81. The first-order valence-corrected chi connectivity index (χ1v) is 12.5. The van der Waals surface area contributed by atoms with Gasteiger partial charge in [-0.1, -0.05) is 32.0 Å². The fourth-order valence-electron chi connectivity index (χ4n) is 5.07. The first-order chi connectivity index (χ1) is 15.5. The number of piperidine rings is 1. The fourth-order valence-corrected chi connectivity index (χ4v) is 5.07. The van der Waals surface area contributed by atoms with E-state index in [4.69, 9.17) is 4.74 Å². The van der Waals surface area contributed by atoms with Crippen molar-refractivity contribution in [1.29, 1.82) is 0 Å². The van der Waals surface area contributed by atoms with Crippen LogP contribution >= 0.6 is 0 Å². The Morgan fingerprint density at radius 1 is 0.938 bits per heavy atom. The van der Waals surface area contributed by atoms with Crippen LogP contribution < -0.4 is 4.74 Å². The third-order valence-corrected chi connectivity index (χ3v) is 6.95. The summed E-state index contributed by atoms with van der Waals surface area (Å²) < 4.78 is 5.70. The van der Waals surface area contributed by atoms with Gasteiger partial charge in [-0.2, -0.15) is 0 Å². The molecule has 0 aliphatic carbocycles. The Morgan fingerprint density at radius 3 is 2.19 bits per heavy atom. The standard InChI is InChI=1S/C26H41N3O3/c1-3-15-27(16-4-2)21-25(31)29-19-14-26(22-29)12-17-28(18-13-26)24(30)11-8-20-32-23-9-6-5-7-10-23/h5-7,9-10H,3-4,8,11-22H2,1-2H3. The molecule has 0 aromatic heterocycles. The number of likely N-dealkylation sites (tertiary alicyclic amines) is 2. The highest BCUT2D eigenvalue weighted by atomic mass is 16.5. The molecular weight excluding hydrogens is 402 g/mol. The molecule has 2 aliphatic rings. The highest BCUT2D eigenvalue weighted by Gasteiger charge is 2.42. The van der Waals surface area contributed by atoms with Crippen molar-refractivity contribution in [3.05, 3.63) is 30.3 Å². The zero-order chi connectivity index (χ0) is 22.8. The molecule has 3 rings (SSSR count). The molecule has 1 aromatic carbocycles. The molecule has 2 saturated heterocycles. The quantitative estimate of drug-likeness (QED) is 0.488. The third-order valence-electron chi connectivity index (χ3n) is 6.95. The lowest BCUT2D eigenvalue weighted by atomic mass is 9.77. The summed E-state index contributed by atoms with van der Waals surface area (Å²) in [7, 11) is 0. The van der Waals surface area contributed by atoms with Crippen molar-refractivity contribution >= 4 is 11.8 Å². The third kappa shape index (κ3) is 6.96. The molecule has 178 valence electrons. The Labute approximate surface area is 193 Å². The summed E-state index contributed by atoms with van der Waals surface area (Å²) in [5, 5.41) is 0. The van der Waals surface area contributed by atoms with Gasteiger partial charge in [0.05, 0.1) is 13.2 Å². The maximum Gasteiger partial charge on any atom is 0.236 e. The number of carbonyl (C=O) groups is 2. The molecule has 32 heavy (non-hydrogen) atoms. The number of para-hydroxylation sites is 1. The van der Waals surface area contributed by atoms with E-state index in [-0.39, 0.29) is 17.2 Å². The summed E-state index contributed by atoms with van der Waals surface area (Å²) >= 11 is 0. The van der Waals surface area contributed by atoms with E-state index >= 15 is 0 Å². The molecule has 2 aliphatic heterocycles. The topological polar surface area (TPSA) is 53.1 Å². The zero-order valence-corrected chi connectivity index (χ0v) is 20.1. The van der Waals surface area contributed by atoms with E-state index in [2.05, 4.69) is 23.6 Å². The van der Waals surface area contributed by atoms with Gasteiger partial charge in [-0.25, -0.2) is 0 Å². The average molecular weight is 444 g/mol. The fraction of sp³-hybridized carbons (Fsp3) is 0.692. The van der Waals surface area contributed by atoms with Crippen LogP contribution in [0.1, 0.15) is 58.8 Å². The molecule has 0 N–H and O–H groups in total. The van der Waals surface area contributed by atoms with Crippen molar-refractivity contribution in [2.45, 2.75) is 58.8 Å². The van der Waals surface area contributed by atoms with Gasteiger partial charge in [-0.3, -0.25) is 14.5 Å². The van der Waals surface area contributed by atoms with Gasteiger partial charge in [0, 0.05) is 32.6 Å². The van der Waals surface area contributed by atoms with Gasteiger partial charge in [0.2, 0.25) is 11.8 Å². The lowest BCUT2D eigenvalue weighted by Gasteiger charge is -2.39. The second kappa shape index (κ2) is 12.2. The summed E-state index contributed by atoms with van der Waals surface area (Å²) in [6.45, 7) is 10.8. The number of ether oxygens (including phenoxy) is 1. The second-order valence-electron chi connectivity index (χ2n) is 9.49. The van der Waals surface area contributed by atoms with E-state index in [0.717, 1.165) is 83.5 Å². The molecule has 0 bridgehead atoms. The number of nitrogens with zero attached hydrogens (tertiary/aromatic N) is 3. The first kappa shape index (κ1) is 24.6. The van der Waals surface area contributed by atoms with Crippen LogP contribution in [0.4, 0.5) is 0 Å². The van der Waals surface area contributed by atoms with Crippen molar-refractivity contribution in [2.24, 2.45) is 5.41 Å². The zero-order valence-electron chi connectivity index (χ0n) is 20.1. The lowest BCUT2D eigenvalue weighted by molar-refractivity contribution is -0.135. The van der Waals surface area contributed by atoms with Gasteiger partial charge in [-0.05, 0) is 69.2 Å². The first-order valence-electron chi connectivity index (χ1n) is 12.5. The average Bonchev–Trinajstić information content (AvgIpc) is 3.22. The Morgan fingerprint density at radius 2 is 1.56 bits per heavy atom. The molecule has 6 heteroatoms. The summed E-state index contributed by atoms with van der Waals surface area (Å²) in [6, 6.07) is 9.74. The van der Waals surface area contributed by atoms with Gasteiger partial charge in [0.25, 0.3) is 0 Å². The smallest absolute Gasteiger partial charge is 0.236 e. The predicted molar refractivity (Wildman–Crippen MR) is 128 cm³/mol. The SMILES string of the molecule is CCCN(CCC)CC(=O)N1CCC2(CCN(C(=O)CCCOc3ccccc3)CC2)C1. The van der Waals surface area contributed by atoms with E-state index in [1.807, 2.05) is 35.2 Å². The molecular formula is C26H41N3O3. The molecule has 2 fully saturated rings. The van der Waals surface area contributed by atoms with Crippen LogP contribution in [0.15, 0.2) is 30.3 Å². The van der Waals surface area contributed by atoms with E-state index in [9.17, 15) is 9.59 Å². The highest BCUT2D eigenvalue weighted by Crippen LogP contribution is 2.40. The highest BCUT2D eigenvalue weighted by molar-refractivity contribution is 5.78. The summed E-state index contributed by atoms with van der Waals surface area (Å²) in [4.78, 5) is 31.9. The van der Waals surface area contributed by atoms with E-state index in [1.54, 1.807) is 0 Å². The van der Waals surface area contributed by atoms with Gasteiger partial charge >= 0.3 is 0 Å². The van der Waals surface area contributed by atoms with Crippen molar-refractivity contribution in [3.8, 4) is 5.75 Å². The number of amides is 2. The van der Waals surface area contributed by atoms with Crippen LogP contribution in [-0.4, -0.2) is 78.9 Å². The molecule has 0 atom stereocenters. The minimum absolute atomic E-state index is 0.212. The number of benzene rings is 1. The Balaban J connectivity index is 1.37.